The van der Waals surface area contributed by atoms with E-state index < -0.39 is 0 Å². The summed E-state index contributed by atoms with van der Waals surface area (Å²) in [5, 5.41) is 11.3. The molecule has 0 fully saturated rings. The zero-order valence-electron chi connectivity index (χ0n) is 13.5. The maximum Gasteiger partial charge on any atom is 0.267 e. The highest BCUT2D eigenvalue weighted by Crippen LogP contribution is 2.27. The third-order valence-corrected chi connectivity index (χ3v) is 4.70. The average Bonchev–Trinajstić information content (AvgIpc) is 3.08. The van der Waals surface area contributed by atoms with Gasteiger partial charge in [0.15, 0.2) is 0 Å². The van der Waals surface area contributed by atoms with E-state index in [-0.39, 0.29) is 11.8 Å². The molecule has 2 heterocycles. The molecule has 0 spiro atoms. The van der Waals surface area contributed by atoms with E-state index in [0.717, 1.165) is 16.5 Å². The van der Waals surface area contributed by atoms with Crippen LogP contribution in [0.15, 0.2) is 24.3 Å². The van der Waals surface area contributed by atoms with Gasteiger partial charge in [0.05, 0.1) is 7.11 Å². The van der Waals surface area contributed by atoms with Crippen LogP contribution in [0.1, 0.15) is 41.0 Å². The van der Waals surface area contributed by atoms with Crippen molar-refractivity contribution >= 4 is 27.9 Å². The van der Waals surface area contributed by atoms with Gasteiger partial charge >= 0.3 is 0 Å². The number of anilines is 1. The van der Waals surface area contributed by atoms with Gasteiger partial charge < -0.3 is 10.1 Å². The second-order valence-electron chi connectivity index (χ2n) is 5.53. The maximum absolute atomic E-state index is 12.6. The Balaban J connectivity index is 1.93. The number of thiazole rings is 1. The van der Waals surface area contributed by atoms with Gasteiger partial charge in [0, 0.05) is 23.4 Å². The van der Waals surface area contributed by atoms with Gasteiger partial charge in [-0.15, -0.1) is 10.2 Å². The summed E-state index contributed by atoms with van der Waals surface area (Å²) in [7, 11) is 1.60. The lowest BCUT2D eigenvalue weighted by Gasteiger charge is -2.07. The molecule has 0 aliphatic carbocycles. The van der Waals surface area contributed by atoms with E-state index in [1.807, 2.05) is 29.5 Å². The lowest BCUT2D eigenvalue weighted by molar-refractivity contribution is 0.102. The number of nitrogens with one attached hydrogen (secondary N) is 1. The molecule has 2 aromatic heterocycles. The molecule has 0 bridgehead atoms. The first kappa shape index (κ1) is 15.5. The number of carbonyl (C=O) groups is 1. The number of aryl methyl sites for hydroxylation is 1. The van der Waals surface area contributed by atoms with Gasteiger partial charge in [0.2, 0.25) is 4.96 Å². The van der Waals surface area contributed by atoms with Gasteiger partial charge in [0.1, 0.15) is 16.5 Å². The van der Waals surface area contributed by atoms with Crippen molar-refractivity contribution in [3.8, 4) is 5.75 Å². The molecule has 0 radical (unpaired) electrons. The summed E-state index contributed by atoms with van der Waals surface area (Å²) in [6.45, 7) is 6.03. The largest absolute Gasteiger partial charge is 0.497 e. The zero-order chi connectivity index (χ0) is 16.6. The summed E-state index contributed by atoms with van der Waals surface area (Å²) in [4.78, 5) is 14.0. The van der Waals surface area contributed by atoms with E-state index in [0.29, 0.717) is 16.3 Å². The van der Waals surface area contributed by atoms with E-state index in [1.54, 1.807) is 13.2 Å². The van der Waals surface area contributed by atoms with E-state index in [1.165, 1.54) is 11.3 Å². The van der Waals surface area contributed by atoms with Gasteiger partial charge in [-0.25, -0.2) is 0 Å². The number of methoxy groups -OCH3 is 1. The molecule has 1 aromatic carbocycles. The standard InChI is InChI=1S/C16H18N4O2S/c1-9(2)14-18-19-16-20(14)10(3)13(23-16)15(21)17-11-6-5-7-12(8-11)22-4/h5-9H,1-4H3,(H,17,21). The molecular weight excluding hydrogens is 312 g/mol. The van der Waals surface area contributed by atoms with Crippen LogP contribution in [0.2, 0.25) is 0 Å². The van der Waals surface area contributed by atoms with Gasteiger partial charge in [-0.05, 0) is 19.1 Å². The fraction of sp³-hybridized carbons (Fsp3) is 0.312. The van der Waals surface area contributed by atoms with Crippen molar-refractivity contribution in [3.63, 3.8) is 0 Å². The molecule has 0 unspecified atom stereocenters. The monoisotopic (exact) mass is 330 g/mol. The number of ether oxygens (including phenoxy) is 1. The fourth-order valence-electron chi connectivity index (χ4n) is 2.40. The molecular formula is C16H18N4O2S. The highest BCUT2D eigenvalue weighted by Gasteiger charge is 2.21. The van der Waals surface area contributed by atoms with Crippen LogP contribution in [0.25, 0.3) is 4.96 Å². The lowest BCUT2D eigenvalue weighted by atomic mass is 10.2. The number of aromatic nitrogens is 3. The fourth-order valence-corrected chi connectivity index (χ4v) is 3.37. The van der Waals surface area contributed by atoms with Crippen LogP contribution in [0, 0.1) is 6.92 Å². The topological polar surface area (TPSA) is 68.5 Å². The Bertz CT molecular complexity index is 866. The van der Waals surface area contributed by atoms with Crippen LogP contribution in [0.4, 0.5) is 5.69 Å². The molecule has 7 heteroatoms. The molecule has 0 saturated heterocycles. The minimum Gasteiger partial charge on any atom is -0.497 e. The van der Waals surface area contributed by atoms with Crippen LogP contribution in [-0.4, -0.2) is 27.6 Å². The molecule has 0 aliphatic heterocycles. The number of fused-ring (bicyclic) bond motifs is 1. The Kier molecular flexibility index (Phi) is 4.04. The molecule has 120 valence electrons. The first-order valence-corrected chi connectivity index (χ1v) is 8.12. The second kappa shape index (κ2) is 6.00. The van der Waals surface area contributed by atoms with E-state index in [4.69, 9.17) is 4.74 Å². The first-order chi connectivity index (χ1) is 11.0. The van der Waals surface area contributed by atoms with Crippen LogP contribution in [0.5, 0.6) is 5.75 Å². The number of amides is 1. The third kappa shape index (κ3) is 2.79. The third-order valence-electron chi connectivity index (χ3n) is 3.57. The lowest BCUT2D eigenvalue weighted by Crippen LogP contribution is -2.12. The average molecular weight is 330 g/mol. The quantitative estimate of drug-likeness (QED) is 0.795. The molecule has 1 N–H and O–H groups in total. The van der Waals surface area contributed by atoms with E-state index >= 15 is 0 Å². The number of nitrogens with zero attached hydrogens (tertiary/aromatic N) is 3. The predicted octanol–water partition coefficient (Wildman–Crippen LogP) is 3.48. The van der Waals surface area contributed by atoms with Crippen molar-refractivity contribution in [1.82, 2.24) is 14.6 Å². The Morgan fingerprint density at radius 2 is 2.13 bits per heavy atom. The van der Waals surface area contributed by atoms with Crippen molar-refractivity contribution in [2.45, 2.75) is 26.7 Å². The Morgan fingerprint density at radius 3 is 2.83 bits per heavy atom. The number of hydrogen-bond donors (Lipinski definition) is 1. The normalized spacial score (nSPS) is 11.2. The van der Waals surface area contributed by atoms with Crippen molar-refractivity contribution in [2.24, 2.45) is 0 Å². The van der Waals surface area contributed by atoms with Gasteiger partial charge in [-0.2, -0.15) is 0 Å². The second-order valence-corrected chi connectivity index (χ2v) is 6.51. The highest BCUT2D eigenvalue weighted by molar-refractivity contribution is 7.19. The summed E-state index contributed by atoms with van der Waals surface area (Å²) in [6, 6.07) is 7.28. The molecule has 3 aromatic rings. The number of benzene rings is 1. The van der Waals surface area contributed by atoms with Crippen molar-refractivity contribution in [3.05, 3.63) is 40.7 Å². The summed E-state index contributed by atoms with van der Waals surface area (Å²) in [5.74, 6) is 1.66. The summed E-state index contributed by atoms with van der Waals surface area (Å²) in [6.07, 6.45) is 0. The van der Waals surface area contributed by atoms with Crippen molar-refractivity contribution < 1.29 is 9.53 Å². The summed E-state index contributed by atoms with van der Waals surface area (Å²) < 4.78 is 7.13. The molecule has 23 heavy (non-hydrogen) atoms. The van der Waals surface area contributed by atoms with Crippen LogP contribution in [0.3, 0.4) is 0 Å². The van der Waals surface area contributed by atoms with Gasteiger partial charge in [-0.1, -0.05) is 31.3 Å². The predicted molar refractivity (Wildman–Crippen MR) is 90.6 cm³/mol. The smallest absolute Gasteiger partial charge is 0.267 e. The SMILES string of the molecule is COc1cccc(NC(=O)c2sc3nnc(C(C)C)n3c2C)c1. The van der Waals surface area contributed by atoms with Gasteiger partial charge in [0.25, 0.3) is 5.91 Å². The van der Waals surface area contributed by atoms with Crippen LogP contribution in [-0.2, 0) is 0 Å². The number of rotatable bonds is 4. The molecule has 0 atom stereocenters. The summed E-state index contributed by atoms with van der Waals surface area (Å²) in [5.41, 5.74) is 1.56. The van der Waals surface area contributed by atoms with E-state index in [2.05, 4.69) is 29.4 Å². The minimum absolute atomic E-state index is 0.152. The Labute approximate surface area is 138 Å². The highest BCUT2D eigenvalue weighted by atomic mass is 32.1. The number of hydrogen-bond acceptors (Lipinski definition) is 5. The zero-order valence-corrected chi connectivity index (χ0v) is 14.3. The summed E-state index contributed by atoms with van der Waals surface area (Å²) >= 11 is 1.35. The van der Waals surface area contributed by atoms with E-state index in [9.17, 15) is 4.79 Å². The molecule has 0 saturated carbocycles. The molecule has 3 rings (SSSR count). The first-order valence-electron chi connectivity index (χ1n) is 7.31. The van der Waals surface area contributed by atoms with Gasteiger partial charge in [-0.3, -0.25) is 9.20 Å². The Hall–Kier alpha value is -2.41. The van der Waals surface area contributed by atoms with Crippen molar-refractivity contribution in [1.29, 1.82) is 0 Å². The van der Waals surface area contributed by atoms with Crippen LogP contribution < -0.4 is 10.1 Å². The minimum atomic E-state index is -0.152. The Morgan fingerprint density at radius 1 is 1.35 bits per heavy atom. The number of carbonyl (C=O) groups excluding carboxylic acids is 1. The molecule has 6 nitrogen and oxygen atoms in total. The van der Waals surface area contributed by atoms with Crippen LogP contribution >= 0.6 is 11.3 Å². The van der Waals surface area contributed by atoms with Crippen molar-refractivity contribution in [2.75, 3.05) is 12.4 Å². The molecule has 1 amide bonds. The molecule has 0 aliphatic rings. The maximum atomic E-state index is 12.6.